The third-order valence-electron chi connectivity index (χ3n) is 3.43. The van der Waals surface area contributed by atoms with Crippen LogP contribution in [0, 0.1) is 0 Å². The van der Waals surface area contributed by atoms with Crippen LogP contribution in [0.15, 0.2) is 86.0 Å². The third-order valence-corrected chi connectivity index (χ3v) is 3.43. The maximum Gasteiger partial charge on any atom is 0.0867 e. The van der Waals surface area contributed by atoms with E-state index in [2.05, 4.69) is 37.4 Å². The molecule has 2 aromatic rings. The van der Waals surface area contributed by atoms with Gasteiger partial charge in [0.2, 0.25) is 0 Å². The van der Waals surface area contributed by atoms with Crippen LogP contribution in [0.1, 0.15) is 36.2 Å². The van der Waals surface area contributed by atoms with Gasteiger partial charge in [0.15, 0.2) is 0 Å². The zero-order chi connectivity index (χ0) is 14.9. The normalized spacial score (nSPS) is 13.3. The molecule has 0 aliphatic rings. The van der Waals surface area contributed by atoms with Crippen molar-refractivity contribution < 1.29 is 4.74 Å². The molecule has 0 N–H and O–H groups in total. The summed E-state index contributed by atoms with van der Waals surface area (Å²) >= 11 is 0. The van der Waals surface area contributed by atoms with Gasteiger partial charge >= 0.3 is 0 Å². The van der Waals surface area contributed by atoms with Crippen molar-refractivity contribution in [2.24, 2.45) is 0 Å². The predicted octanol–water partition coefficient (Wildman–Crippen LogP) is 5.64. The summed E-state index contributed by atoms with van der Waals surface area (Å²) in [7, 11) is 0. The number of hydrogen-bond acceptors (Lipinski definition) is 1. The molecule has 1 nitrogen and oxygen atoms in total. The molecular formula is C20H22O. The van der Waals surface area contributed by atoms with Crippen molar-refractivity contribution >= 4 is 0 Å². The Balaban J connectivity index is 2.20. The first-order valence-electron chi connectivity index (χ1n) is 7.32. The molecule has 21 heavy (non-hydrogen) atoms. The molecule has 0 bridgehead atoms. The minimum Gasteiger partial charge on any atom is -0.365 e. The Hall–Kier alpha value is -2.12. The molecule has 0 saturated carbocycles. The summed E-state index contributed by atoms with van der Waals surface area (Å²) in [6, 6.07) is 20.6. The number of hydrogen-bond donors (Lipinski definition) is 0. The summed E-state index contributed by atoms with van der Waals surface area (Å²) in [4.78, 5) is 0. The van der Waals surface area contributed by atoms with Gasteiger partial charge in [0, 0.05) is 0 Å². The molecule has 0 aromatic heterocycles. The smallest absolute Gasteiger partial charge is 0.0867 e. The Morgan fingerprint density at radius 2 is 1.10 bits per heavy atom. The number of rotatable bonds is 8. The van der Waals surface area contributed by atoms with Crippen molar-refractivity contribution in [3.8, 4) is 0 Å². The summed E-state index contributed by atoms with van der Waals surface area (Å²) in [5, 5.41) is 0. The van der Waals surface area contributed by atoms with E-state index in [-0.39, 0.29) is 12.2 Å². The maximum absolute atomic E-state index is 6.36. The van der Waals surface area contributed by atoms with Gasteiger partial charge < -0.3 is 4.74 Å². The molecule has 0 saturated heterocycles. The fraction of sp³-hybridized carbons (Fsp3) is 0.200. The van der Waals surface area contributed by atoms with Crippen molar-refractivity contribution in [3.63, 3.8) is 0 Å². The average Bonchev–Trinajstić information content (AvgIpc) is 2.55. The minimum absolute atomic E-state index is 0.0221. The molecule has 1 heteroatoms. The standard InChI is InChI=1S/C20H22O/c1-3-11-19(17-13-7-5-8-14-17)21-20(12-4-2)18-15-9-6-10-16-18/h3-10,13-16,19-20H,1-2,11-12H2/t19-,20-/m0/s1. The largest absolute Gasteiger partial charge is 0.365 e. The van der Waals surface area contributed by atoms with Gasteiger partial charge in [0.1, 0.15) is 0 Å². The lowest BCUT2D eigenvalue weighted by Crippen LogP contribution is -2.10. The molecule has 0 aliphatic carbocycles. The van der Waals surface area contributed by atoms with Crippen molar-refractivity contribution in [2.45, 2.75) is 25.0 Å². The monoisotopic (exact) mass is 278 g/mol. The minimum atomic E-state index is 0.0221. The van der Waals surface area contributed by atoms with Gasteiger partial charge in [0.05, 0.1) is 12.2 Å². The second-order valence-corrected chi connectivity index (χ2v) is 4.98. The predicted molar refractivity (Wildman–Crippen MR) is 89.1 cm³/mol. The van der Waals surface area contributed by atoms with Crippen LogP contribution in [0.3, 0.4) is 0 Å². The molecule has 2 atom stereocenters. The highest BCUT2D eigenvalue weighted by Crippen LogP contribution is 2.31. The lowest BCUT2D eigenvalue weighted by molar-refractivity contribution is -0.0120. The van der Waals surface area contributed by atoms with E-state index in [4.69, 9.17) is 4.74 Å². The third kappa shape index (κ3) is 4.44. The summed E-state index contributed by atoms with van der Waals surface area (Å²) in [6.07, 6.45) is 5.46. The first-order chi connectivity index (χ1) is 10.3. The summed E-state index contributed by atoms with van der Waals surface area (Å²) in [6.45, 7) is 7.70. The van der Waals surface area contributed by atoms with Crippen LogP contribution in [0.2, 0.25) is 0 Å². The van der Waals surface area contributed by atoms with Gasteiger partial charge in [-0.1, -0.05) is 72.8 Å². The van der Waals surface area contributed by atoms with Crippen LogP contribution in [-0.2, 0) is 4.74 Å². The SMILES string of the molecule is C=CC[C@H](O[C@@H](CC=C)c1ccccc1)c1ccccc1. The summed E-state index contributed by atoms with van der Waals surface area (Å²) < 4.78 is 6.36. The Morgan fingerprint density at radius 3 is 1.43 bits per heavy atom. The maximum atomic E-state index is 6.36. The van der Waals surface area contributed by atoms with Gasteiger partial charge in [-0.15, -0.1) is 13.2 Å². The van der Waals surface area contributed by atoms with Crippen molar-refractivity contribution in [1.82, 2.24) is 0 Å². The van der Waals surface area contributed by atoms with Crippen LogP contribution < -0.4 is 0 Å². The second-order valence-electron chi connectivity index (χ2n) is 4.98. The Bertz CT molecular complexity index is 493. The van der Waals surface area contributed by atoms with E-state index < -0.39 is 0 Å². The molecule has 0 radical (unpaired) electrons. The van der Waals surface area contributed by atoms with Gasteiger partial charge in [-0.2, -0.15) is 0 Å². The molecule has 0 amide bonds. The van der Waals surface area contributed by atoms with E-state index in [9.17, 15) is 0 Å². The van der Waals surface area contributed by atoms with E-state index in [1.165, 1.54) is 11.1 Å². The molecule has 2 aromatic carbocycles. The highest BCUT2D eigenvalue weighted by Gasteiger charge is 2.17. The van der Waals surface area contributed by atoms with E-state index in [1.807, 2.05) is 48.6 Å². The second kappa shape index (κ2) is 8.23. The van der Waals surface area contributed by atoms with Crippen LogP contribution in [0.4, 0.5) is 0 Å². The zero-order valence-electron chi connectivity index (χ0n) is 12.3. The van der Waals surface area contributed by atoms with Crippen LogP contribution in [0.25, 0.3) is 0 Å². The topological polar surface area (TPSA) is 9.23 Å². The van der Waals surface area contributed by atoms with Crippen molar-refractivity contribution in [1.29, 1.82) is 0 Å². The summed E-state index contributed by atoms with van der Waals surface area (Å²) in [5.74, 6) is 0. The highest BCUT2D eigenvalue weighted by atomic mass is 16.5. The van der Waals surface area contributed by atoms with Crippen LogP contribution in [0.5, 0.6) is 0 Å². The van der Waals surface area contributed by atoms with Crippen LogP contribution >= 0.6 is 0 Å². The molecule has 0 heterocycles. The molecule has 0 fully saturated rings. The van der Waals surface area contributed by atoms with Gasteiger partial charge in [-0.25, -0.2) is 0 Å². The van der Waals surface area contributed by atoms with Gasteiger partial charge in [-0.05, 0) is 24.0 Å². The van der Waals surface area contributed by atoms with Crippen LogP contribution in [-0.4, -0.2) is 0 Å². The zero-order valence-corrected chi connectivity index (χ0v) is 12.3. The van der Waals surface area contributed by atoms with Crippen molar-refractivity contribution in [2.75, 3.05) is 0 Å². The Morgan fingerprint density at radius 1 is 0.714 bits per heavy atom. The average molecular weight is 278 g/mol. The highest BCUT2D eigenvalue weighted by molar-refractivity contribution is 5.21. The fourth-order valence-corrected chi connectivity index (χ4v) is 2.38. The molecule has 0 unspecified atom stereocenters. The quantitative estimate of drug-likeness (QED) is 0.568. The van der Waals surface area contributed by atoms with E-state index in [0.29, 0.717) is 0 Å². The van der Waals surface area contributed by atoms with E-state index >= 15 is 0 Å². The first kappa shape index (κ1) is 15.3. The molecular weight excluding hydrogens is 256 g/mol. The summed E-state index contributed by atoms with van der Waals surface area (Å²) in [5.41, 5.74) is 2.37. The van der Waals surface area contributed by atoms with Gasteiger partial charge in [0.25, 0.3) is 0 Å². The fourth-order valence-electron chi connectivity index (χ4n) is 2.38. The van der Waals surface area contributed by atoms with E-state index in [0.717, 1.165) is 12.8 Å². The van der Waals surface area contributed by atoms with E-state index in [1.54, 1.807) is 0 Å². The molecule has 0 aliphatic heterocycles. The molecule has 0 spiro atoms. The first-order valence-corrected chi connectivity index (χ1v) is 7.32. The number of ether oxygens (including phenoxy) is 1. The Labute approximate surface area is 127 Å². The Kier molecular flexibility index (Phi) is 5.99. The lowest BCUT2D eigenvalue weighted by Gasteiger charge is -2.24. The molecule has 108 valence electrons. The van der Waals surface area contributed by atoms with Gasteiger partial charge in [-0.3, -0.25) is 0 Å². The van der Waals surface area contributed by atoms with Crippen molar-refractivity contribution in [3.05, 3.63) is 97.1 Å². The number of benzene rings is 2. The lowest BCUT2D eigenvalue weighted by atomic mass is 10.0. The molecule has 2 rings (SSSR count).